The molecule has 5 nitrogen and oxygen atoms in total. The van der Waals surface area contributed by atoms with E-state index in [2.05, 4.69) is 10.3 Å². The number of pyridine rings is 1. The minimum Gasteiger partial charge on any atom is -0.393 e. The van der Waals surface area contributed by atoms with Crippen LogP contribution >= 0.6 is 23.2 Å². The number of amides is 1. The molecule has 0 aromatic carbocycles. The van der Waals surface area contributed by atoms with Crippen LogP contribution in [0.1, 0.15) is 12.8 Å². The summed E-state index contributed by atoms with van der Waals surface area (Å²) in [4.78, 5) is 17.8. The van der Waals surface area contributed by atoms with Crippen molar-refractivity contribution in [1.29, 1.82) is 0 Å². The summed E-state index contributed by atoms with van der Waals surface area (Å²) in [6.07, 6.45) is 2.90. The van der Waals surface area contributed by atoms with Gasteiger partial charge in [0.05, 0.1) is 22.7 Å². The molecular weight excluding hydrogens is 301 g/mol. The van der Waals surface area contributed by atoms with E-state index in [0.717, 1.165) is 19.4 Å². The van der Waals surface area contributed by atoms with E-state index in [1.807, 2.05) is 11.9 Å². The number of aliphatic hydroxyl groups is 1. The van der Waals surface area contributed by atoms with Crippen LogP contribution in [-0.2, 0) is 4.79 Å². The van der Waals surface area contributed by atoms with Crippen molar-refractivity contribution in [2.45, 2.75) is 18.9 Å². The Kier molecular flexibility index (Phi) is 5.21. The summed E-state index contributed by atoms with van der Waals surface area (Å²) < 4.78 is 0. The van der Waals surface area contributed by atoms with Gasteiger partial charge in [-0.25, -0.2) is 4.98 Å². The maximum absolute atomic E-state index is 11.9. The Labute approximate surface area is 127 Å². The lowest BCUT2D eigenvalue weighted by Crippen LogP contribution is -2.40. The molecule has 1 aromatic rings. The molecule has 1 fully saturated rings. The molecule has 0 unspecified atom stereocenters. The average Bonchev–Trinajstić information content (AvgIpc) is 2.30. The molecule has 0 atom stereocenters. The number of anilines is 1. The van der Waals surface area contributed by atoms with Crippen LogP contribution in [0.3, 0.4) is 0 Å². The highest BCUT2D eigenvalue weighted by Crippen LogP contribution is 2.27. The van der Waals surface area contributed by atoms with Crippen LogP contribution in [-0.4, -0.2) is 47.1 Å². The SMILES string of the molecule is CN(CC(=O)Nc1ncc(Cl)cc1Cl)CC1CC(O)C1. The standard InChI is InChI=1S/C13H17Cl2N3O2/c1-18(6-8-2-10(19)3-8)7-12(20)17-13-11(15)4-9(14)5-16-13/h4-5,8,10,19H,2-3,6-7H2,1H3,(H,16,17,20). The molecule has 0 saturated heterocycles. The maximum Gasteiger partial charge on any atom is 0.239 e. The van der Waals surface area contributed by atoms with Gasteiger partial charge in [-0.05, 0) is 31.9 Å². The second-order valence-corrected chi connectivity index (χ2v) is 6.06. The molecular formula is C13H17Cl2N3O2. The summed E-state index contributed by atoms with van der Waals surface area (Å²) in [6, 6.07) is 1.53. The molecule has 1 saturated carbocycles. The van der Waals surface area contributed by atoms with Gasteiger partial charge in [0.2, 0.25) is 5.91 Å². The quantitative estimate of drug-likeness (QED) is 0.872. The van der Waals surface area contributed by atoms with Gasteiger partial charge >= 0.3 is 0 Å². The molecule has 0 spiro atoms. The first-order valence-corrected chi connectivity index (χ1v) is 7.17. The van der Waals surface area contributed by atoms with Crippen LogP contribution in [0.15, 0.2) is 12.3 Å². The largest absolute Gasteiger partial charge is 0.393 e. The zero-order valence-electron chi connectivity index (χ0n) is 11.1. The Morgan fingerprint density at radius 3 is 2.85 bits per heavy atom. The fourth-order valence-electron chi connectivity index (χ4n) is 2.28. The Morgan fingerprint density at radius 2 is 2.25 bits per heavy atom. The van der Waals surface area contributed by atoms with Crippen molar-refractivity contribution in [2.75, 3.05) is 25.5 Å². The fraction of sp³-hybridized carbons (Fsp3) is 0.538. The van der Waals surface area contributed by atoms with Crippen LogP contribution in [0.25, 0.3) is 0 Å². The topological polar surface area (TPSA) is 65.5 Å². The molecule has 1 aliphatic carbocycles. The number of carbonyl (C=O) groups excluding carboxylic acids is 1. The van der Waals surface area contributed by atoms with Crippen molar-refractivity contribution in [2.24, 2.45) is 5.92 Å². The first-order chi connectivity index (χ1) is 9.44. The summed E-state index contributed by atoms with van der Waals surface area (Å²) in [5.74, 6) is 0.609. The number of nitrogens with zero attached hydrogens (tertiary/aromatic N) is 2. The highest BCUT2D eigenvalue weighted by Gasteiger charge is 2.28. The Morgan fingerprint density at radius 1 is 1.55 bits per heavy atom. The van der Waals surface area contributed by atoms with E-state index in [-0.39, 0.29) is 18.6 Å². The predicted molar refractivity (Wildman–Crippen MR) is 79.1 cm³/mol. The molecule has 2 N–H and O–H groups in total. The van der Waals surface area contributed by atoms with Gasteiger partial charge in [0, 0.05) is 12.7 Å². The van der Waals surface area contributed by atoms with Crippen LogP contribution in [0.4, 0.5) is 5.82 Å². The van der Waals surface area contributed by atoms with Crippen LogP contribution < -0.4 is 5.32 Å². The lowest BCUT2D eigenvalue weighted by Gasteiger charge is -2.34. The third kappa shape index (κ3) is 4.31. The normalized spacial score (nSPS) is 21.6. The second-order valence-electron chi connectivity index (χ2n) is 5.22. The first-order valence-electron chi connectivity index (χ1n) is 6.41. The number of aromatic nitrogens is 1. The van der Waals surface area contributed by atoms with Crippen LogP contribution in [0.5, 0.6) is 0 Å². The molecule has 2 rings (SSSR count). The van der Waals surface area contributed by atoms with Gasteiger partial charge in [-0.3, -0.25) is 9.69 Å². The van der Waals surface area contributed by atoms with Gasteiger partial charge in [-0.1, -0.05) is 23.2 Å². The van der Waals surface area contributed by atoms with E-state index < -0.39 is 0 Å². The third-order valence-corrected chi connectivity index (χ3v) is 3.75. The smallest absolute Gasteiger partial charge is 0.239 e. The van der Waals surface area contributed by atoms with Crippen molar-refractivity contribution in [1.82, 2.24) is 9.88 Å². The zero-order valence-corrected chi connectivity index (χ0v) is 12.7. The molecule has 1 aliphatic rings. The number of aliphatic hydroxyl groups excluding tert-OH is 1. The molecule has 7 heteroatoms. The summed E-state index contributed by atoms with van der Waals surface area (Å²) in [7, 11) is 1.88. The highest BCUT2D eigenvalue weighted by atomic mass is 35.5. The molecule has 0 aliphatic heterocycles. The van der Waals surface area contributed by atoms with Crippen molar-refractivity contribution in [3.63, 3.8) is 0 Å². The number of carbonyl (C=O) groups is 1. The second kappa shape index (κ2) is 6.72. The Bertz CT molecular complexity index is 493. The average molecular weight is 318 g/mol. The summed E-state index contributed by atoms with van der Waals surface area (Å²) >= 11 is 11.7. The Hall–Kier alpha value is -0.880. The number of rotatable bonds is 5. The molecule has 1 heterocycles. The Balaban J connectivity index is 1.79. The zero-order chi connectivity index (χ0) is 14.7. The van der Waals surface area contributed by atoms with Gasteiger partial charge in [0.1, 0.15) is 0 Å². The van der Waals surface area contributed by atoms with Gasteiger partial charge in [-0.15, -0.1) is 0 Å². The monoisotopic (exact) mass is 317 g/mol. The molecule has 0 bridgehead atoms. The minimum absolute atomic E-state index is 0.167. The van der Waals surface area contributed by atoms with E-state index in [9.17, 15) is 9.90 Å². The summed E-state index contributed by atoms with van der Waals surface area (Å²) in [5, 5.41) is 12.6. The van der Waals surface area contributed by atoms with Crippen molar-refractivity contribution in [3.05, 3.63) is 22.3 Å². The molecule has 1 amide bonds. The van der Waals surface area contributed by atoms with Crippen molar-refractivity contribution >= 4 is 34.9 Å². The van der Waals surface area contributed by atoms with E-state index in [1.165, 1.54) is 12.3 Å². The van der Waals surface area contributed by atoms with Gasteiger partial charge < -0.3 is 10.4 Å². The van der Waals surface area contributed by atoms with Crippen LogP contribution in [0.2, 0.25) is 10.0 Å². The van der Waals surface area contributed by atoms with E-state index in [1.54, 1.807) is 0 Å². The molecule has 110 valence electrons. The number of likely N-dealkylation sites (N-methyl/N-ethyl adjacent to an activating group) is 1. The summed E-state index contributed by atoms with van der Waals surface area (Å²) in [5.41, 5.74) is 0. The lowest BCUT2D eigenvalue weighted by atomic mass is 9.82. The molecule has 1 aromatic heterocycles. The van der Waals surface area contributed by atoms with Gasteiger partial charge in [0.25, 0.3) is 0 Å². The molecule has 20 heavy (non-hydrogen) atoms. The number of halogens is 2. The highest BCUT2D eigenvalue weighted by molar-refractivity contribution is 6.36. The van der Waals surface area contributed by atoms with Gasteiger partial charge in [-0.2, -0.15) is 0 Å². The third-order valence-electron chi connectivity index (χ3n) is 3.26. The van der Waals surface area contributed by atoms with Crippen molar-refractivity contribution in [3.8, 4) is 0 Å². The fourth-order valence-corrected chi connectivity index (χ4v) is 2.71. The minimum atomic E-state index is -0.177. The van der Waals surface area contributed by atoms with Crippen molar-refractivity contribution < 1.29 is 9.90 Å². The summed E-state index contributed by atoms with van der Waals surface area (Å²) in [6.45, 7) is 1.06. The van der Waals surface area contributed by atoms with E-state index in [4.69, 9.17) is 23.2 Å². The van der Waals surface area contributed by atoms with E-state index >= 15 is 0 Å². The first kappa shape index (κ1) is 15.5. The number of nitrogens with one attached hydrogen (secondary N) is 1. The lowest BCUT2D eigenvalue weighted by molar-refractivity contribution is -0.117. The number of hydrogen-bond acceptors (Lipinski definition) is 4. The van der Waals surface area contributed by atoms with Crippen LogP contribution in [0, 0.1) is 5.92 Å². The van der Waals surface area contributed by atoms with Gasteiger partial charge in [0.15, 0.2) is 5.82 Å². The van der Waals surface area contributed by atoms with E-state index in [0.29, 0.717) is 21.8 Å². The number of hydrogen-bond donors (Lipinski definition) is 2. The predicted octanol–water partition coefficient (Wildman–Crippen LogP) is 2.03. The molecule has 0 radical (unpaired) electrons. The maximum atomic E-state index is 11.9.